The van der Waals surface area contributed by atoms with E-state index in [1.165, 1.54) is 18.4 Å². The van der Waals surface area contributed by atoms with Crippen LogP contribution in [0.2, 0.25) is 0 Å². The number of anilines is 3. The van der Waals surface area contributed by atoms with Crippen LogP contribution in [0, 0.1) is 6.92 Å². The highest BCUT2D eigenvalue weighted by atomic mass is 32.1. The van der Waals surface area contributed by atoms with Gasteiger partial charge in [-0.15, -0.1) is 11.3 Å². The van der Waals surface area contributed by atoms with Crippen LogP contribution in [-0.2, 0) is 16.0 Å². The van der Waals surface area contributed by atoms with Crippen LogP contribution >= 0.6 is 11.3 Å². The molecule has 0 bridgehead atoms. The third-order valence-corrected chi connectivity index (χ3v) is 3.40. The topological polar surface area (TPSA) is 77.2 Å². The van der Waals surface area contributed by atoms with E-state index in [2.05, 4.69) is 15.0 Å². The van der Waals surface area contributed by atoms with Gasteiger partial charge in [0.15, 0.2) is 5.13 Å². The number of carbonyl (C=O) groups excluding carboxylic acids is 1. The molecule has 0 unspecified atom stereocenters. The first-order valence-corrected chi connectivity index (χ1v) is 6.61. The molecule has 3 N–H and O–H groups in total. The lowest BCUT2D eigenvalue weighted by Crippen LogP contribution is -2.04. The van der Waals surface area contributed by atoms with Crippen molar-refractivity contribution in [1.29, 1.82) is 0 Å². The normalized spacial score (nSPS) is 10.2. The maximum absolute atomic E-state index is 11.1. The molecule has 0 aliphatic rings. The summed E-state index contributed by atoms with van der Waals surface area (Å²) < 4.78 is 4.61. The monoisotopic (exact) mass is 277 g/mol. The molecule has 1 aromatic heterocycles. The van der Waals surface area contributed by atoms with Gasteiger partial charge < -0.3 is 15.8 Å². The summed E-state index contributed by atoms with van der Waals surface area (Å²) in [7, 11) is 1.37. The highest BCUT2D eigenvalue weighted by molar-refractivity contribution is 7.13. The first kappa shape index (κ1) is 13.4. The predicted molar refractivity (Wildman–Crippen MR) is 76.7 cm³/mol. The van der Waals surface area contributed by atoms with Crippen LogP contribution in [0.5, 0.6) is 0 Å². The van der Waals surface area contributed by atoms with Crippen molar-refractivity contribution >= 4 is 33.8 Å². The van der Waals surface area contributed by atoms with Crippen LogP contribution in [0.3, 0.4) is 0 Å². The number of nitrogens with one attached hydrogen (secondary N) is 1. The van der Waals surface area contributed by atoms with Gasteiger partial charge in [-0.1, -0.05) is 0 Å². The Balaban J connectivity index is 2.09. The van der Waals surface area contributed by atoms with Crippen molar-refractivity contribution in [3.63, 3.8) is 0 Å². The van der Waals surface area contributed by atoms with Crippen LogP contribution in [0.15, 0.2) is 23.6 Å². The number of thiazole rings is 1. The summed E-state index contributed by atoms with van der Waals surface area (Å²) >= 11 is 1.45. The number of ether oxygens (including phenoxy) is 1. The van der Waals surface area contributed by atoms with Gasteiger partial charge in [0.05, 0.1) is 19.2 Å². The van der Waals surface area contributed by atoms with Crippen molar-refractivity contribution in [2.75, 3.05) is 18.2 Å². The molecule has 2 aromatic rings. The summed E-state index contributed by atoms with van der Waals surface area (Å²) in [5.41, 5.74) is 9.13. The van der Waals surface area contributed by atoms with E-state index >= 15 is 0 Å². The van der Waals surface area contributed by atoms with E-state index in [-0.39, 0.29) is 12.4 Å². The van der Waals surface area contributed by atoms with E-state index in [1.54, 1.807) is 0 Å². The number of nitrogens with zero attached hydrogens (tertiary/aromatic N) is 1. The average Bonchev–Trinajstić information content (AvgIpc) is 2.80. The Kier molecular flexibility index (Phi) is 4.01. The largest absolute Gasteiger partial charge is 0.469 e. The summed E-state index contributed by atoms with van der Waals surface area (Å²) in [5, 5.41) is 5.79. The molecule has 0 amide bonds. The number of hydrogen-bond acceptors (Lipinski definition) is 6. The number of hydrogen-bond donors (Lipinski definition) is 2. The van der Waals surface area contributed by atoms with Crippen LogP contribution in [0.4, 0.5) is 16.5 Å². The van der Waals surface area contributed by atoms with E-state index in [0.29, 0.717) is 5.69 Å². The van der Waals surface area contributed by atoms with Crippen molar-refractivity contribution in [1.82, 2.24) is 4.98 Å². The lowest BCUT2D eigenvalue weighted by molar-refractivity contribution is -0.139. The van der Waals surface area contributed by atoms with Crippen molar-refractivity contribution in [2.45, 2.75) is 13.3 Å². The Bertz CT molecular complexity index is 595. The molecule has 2 rings (SSSR count). The van der Waals surface area contributed by atoms with Crippen molar-refractivity contribution in [2.24, 2.45) is 0 Å². The molecule has 100 valence electrons. The summed E-state index contributed by atoms with van der Waals surface area (Å²) in [5.74, 6) is -0.291. The number of benzene rings is 1. The molecule has 0 saturated carbocycles. The van der Waals surface area contributed by atoms with Crippen LogP contribution < -0.4 is 11.1 Å². The second-order valence-electron chi connectivity index (χ2n) is 4.10. The van der Waals surface area contributed by atoms with Crippen LogP contribution in [0.1, 0.15) is 11.3 Å². The number of esters is 1. The lowest BCUT2D eigenvalue weighted by atomic mass is 10.2. The molecule has 19 heavy (non-hydrogen) atoms. The Labute approximate surface area is 115 Å². The van der Waals surface area contributed by atoms with Gasteiger partial charge in [-0.05, 0) is 30.7 Å². The predicted octanol–water partition coefficient (Wildman–Crippen LogP) is 2.49. The number of nitrogen functional groups attached to an aromatic ring is 1. The van der Waals surface area contributed by atoms with Gasteiger partial charge in [-0.3, -0.25) is 4.79 Å². The van der Waals surface area contributed by atoms with E-state index < -0.39 is 0 Å². The summed E-state index contributed by atoms with van der Waals surface area (Å²) in [6, 6.07) is 5.63. The average molecular weight is 277 g/mol. The lowest BCUT2D eigenvalue weighted by Gasteiger charge is -2.07. The van der Waals surface area contributed by atoms with Gasteiger partial charge in [0.25, 0.3) is 0 Å². The summed E-state index contributed by atoms with van der Waals surface area (Å²) in [6.45, 7) is 1.97. The first-order valence-electron chi connectivity index (χ1n) is 5.73. The Hall–Kier alpha value is -2.08. The molecule has 5 nitrogen and oxygen atoms in total. The fourth-order valence-electron chi connectivity index (χ4n) is 1.61. The van der Waals surface area contributed by atoms with Crippen LogP contribution in [0.25, 0.3) is 0 Å². The van der Waals surface area contributed by atoms with Gasteiger partial charge in [0, 0.05) is 16.8 Å². The van der Waals surface area contributed by atoms with E-state index in [0.717, 1.165) is 22.1 Å². The number of nitrogens with two attached hydrogens (primary N) is 1. The quantitative estimate of drug-likeness (QED) is 0.663. The molecule has 0 aliphatic carbocycles. The maximum Gasteiger partial charge on any atom is 0.311 e. The Morgan fingerprint density at radius 3 is 3.00 bits per heavy atom. The smallest absolute Gasteiger partial charge is 0.311 e. The summed E-state index contributed by atoms with van der Waals surface area (Å²) in [6.07, 6.45) is 0.190. The SMILES string of the molecule is COC(=O)Cc1csc(Nc2ccc(N)cc2C)n1. The molecule has 0 spiro atoms. The van der Waals surface area contributed by atoms with Gasteiger partial charge >= 0.3 is 5.97 Å². The van der Waals surface area contributed by atoms with E-state index in [4.69, 9.17) is 5.73 Å². The van der Waals surface area contributed by atoms with Crippen LogP contribution in [-0.4, -0.2) is 18.1 Å². The maximum atomic E-state index is 11.1. The molecule has 0 saturated heterocycles. The summed E-state index contributed by atoms with van der Waals surface area (Å²) in [4.78, 5) is 15.5. The van der Waals surface area contributed by atoms with Crippen molar-refractivity contribution in [3.05, 3.63) is 34.8 Å². The Morgan fingerprint density at radius 2 is 2.32 bits per heavy atom. The fourth-order valence-corrected chi connectivity index (χ4v) is 2.33. The van der Waals surface area contributed by atoms with Gasteiger partial charge in [-0.2, -0.15) is 0 Å². The van der Waals surface area contributed by atoms with Crippen molar-refractivity contribution in [3.8, 4) is 0 Å². The molecular weight excluding hydrogens is 262 g/mol. The minimum Gasteiger partial charge on any atom is -0.469 e. The molecule has 0 fully saturated rings. The highest BCUT2D eigenvalue weighted by Crippen LogP contribution is 2.25. The standard InChI is InChI=1S/C13H15N3O2S/c1-8-5-9(14)3-4-11(8)16-13-15-10(7-19-13)6-12(17)18-2/h3-5,7H,6,14H2,1-2H3,(H,15,16). The van der Waals surface area contributed by atoms with Crippen molar-refractivity contribution < 1.29 is 9.53 Å². The second kappa shape index (κ2) is 5.71. The second-order valence-corrected chi connectivity index (χ2v) is 4.95. The molecule has 1 aromatic carbocycles. The first-order chi connectivity index (χ1) is 9.08. The van der Waals surface area contributed by atoms with E-state index in [1.807, 2.05) is 30.5 Å². The van der Waals surface area contributed by atoms with E-state index in [9.17, 15) is 4.79 Å². The minimum absolute atomic E-state index is 0.190. The number of aromatic nitrogens is 1. The van der Waals surface area contributed by atoms with Gasteiger partial charge in [0.2, 0.25) is 0 Å². The van der Waals surface area contributed by atoms with Gasteiger partial charge in [0.1, 0.15) is 0 Å². The highest BCUT2D eigenvalue weighted by Gasteiger charge is 2.08. The minimum atomic E-state index is -0.291. The fraction of sp³-hybridized carbons (Fsp3) is 0.231. The number of rotatable bonds is 4. The molecule has 0 aliphatic heterocycles. The number of methoxy groups -OCH3 is 1. The Morgan fingerprint density at radius 1 is 1.53 bits per heavy atom. The molecule has 1 heterocycles. The molecule has 6 heteroatoms. The van der Waals surface area contributed by atoms with Gasteiger partial charge in [-0.25, -0.2) is 4.98 Å². The number of carbonyl (C=O) groups is 1. The molecule has 0 atom stereocenters. The third-order valence-electron chi connectivity index (χ3n) is 2.60. The third kappa shape index (κ3) is 3.45. The zero-order chi connectivity index (χ0) is 13.8. The number of aryl methyl sites for hydroxylation is 1. The molecule has 0 radical (unpaired) electrons. The zero-order valence-electron chi connectivity index (χ0n) is 10.8. The zero-order valence-corrected chi connectivity index (χ0v) is 11.6. The molecular formula is C13H15N3O2S.